The van der Waals surface area contributed by atoms with Gasteiger partial charge in [0.2, 0.25) is 0 Å². The van der Waals surface area contributed by atoms with Gasteiger partial charge in [-0.05, 0) is 43.4 Å². The highest BCUT2D eigenvalue weighted by molar-refractivity contribution is 5.83. The summed E-state index contributed by atoms with van der Waals surface area (Å²) in [6.45, 7) is 11.1. The molecular formula is C15H24O. The molecule has 0 saturated heterocycles. The summed E-state index contributed by atoms with van der Waals surface area (Å²) in [4.78, 5) is 11.8. The fourth-order valence-electron chi connectivity index (χ4n) is 3.86. The number of rotatable bonds is 2. The summed E-state index contributed by atoms with van der Waals surface area (Å²) in [5.74, 6) is 1.41. The van der Waals surface area contributed by atoms with Crippen LogP contribution in [0.5, 0.6) is 0 Å². The Morgan fingerprint density at radius 2 is 2.06 bits per heavy atom. The average molecular weight is 220 g/mol. The molecule has 0 aromatic rings. The summed E-state index contributed by atoms with van der Waals surface area (Å²) in [6.07, 6.45) is 5.47. The molecule has 2 rings (SSSR count). The minimum atomic E-state index is 0.281. The smallest absolute Gasteiger partial charge is 0.136 e. The van der Waals surface area contributed by atoms with Gasteiger partial charge in [0.1, 0.15) is 5.78 Å². The molecule has 0 aromatic heterocycles. The third-order valence-electron chi connectivity index (χ3n) is 5.24. The van der Waals surface area contributed by atoms with Gasteiger partial charge in [-0.1, -0.05) is 32.4 Å². The van der Waals surface area contributed by atoms with E-state index in [1.165, 1.54) is 12.0 Å². The molecule has 2 aliphatic carbocycles. The molecule has 0 spiro atoms. The minimum absolute atomic E-state index is 0.281. The van der Waals surface area contributed by atoms with Crippen molar-refractivity contribution in [1.82, 2.24) is 0 Å². The highest BCUT2D eigenvalue weighted by Crippen LogP contribution is 2.76. The molecule has 0 bridgehead atoms. The van der Waals surface area contributed by atoms with Crippen LogP contribution in [0.4, 0.5) is 0 Å². The van der Waals surface area contributed by atoms with Crippen molar-refractivity contribution in [3.8, 4) is 0 Å². The van der Waals surface area contributed by atoms with E-state index in [4.69, 9.17) is 0 Å². The van der Waals surface area contributed by atoms with Gasteiger partial charge in [0.25, 0.3) is 0 Å². The average Bonchev–Trinajstić information content (AvgIpc) is 2.62. The highest BCUT2D eigenvalue weighted by Gasteiger charge is 2.71. The SMILES string of the molecule is CC(C)=CCC12CC(C)C(=O)CC1C2(C)C. The van der Waals surface area contributed by atoms with Crippen molar-refractivity contribution in [3.05, 3.63) is 11.6 Å². The maximum absolute atomic E-state index is 11.8. The van der Waals surface area contributed by atoms with Crippen molar-refractivity contribution in [2.45, 2.75) is 53.9 Å². The molecule has 3 atom stereocenters. The van der Waals surface area contributed by atoms with E-state index in [1.54, 1.807) is 0 Å². The highest BCUT2D eigenvalue weighted by atomic mass is 16.1. The molecule has 16 heavy (non-hydrogen) atoms. The van der Waals surface area contributed by atoms with Crippen molar-refractivity contribution >= 4 is 5.78 Å². The summed E-state index contributed by atoms with van der Waals surface area (Å²) in [5.41, 5.74) is 2.21. The van der Waals surface area contributed by atoms with E-state index in [2.05, 4.69) is 40.7 Å². The van der Waals surface area contributed by atoms with Crippen molar-refractivity contribution in [1.29, 1.82) is 0 Å². The number of carbonyl (C=O) groups is 1. The van der Waals surface area contributed by atoms with Gasteiger partial charge < -0.3 is 0 Å². The van der Waals surface area contributed by atoms with Crippen molar-refractivity contribution < 1.29 is 4.79 Å². The third kappa shape index (κ3) is 1.48. The molecule has 0 aromatic carbocycles. The molecule has 0 radical (unpaired) electrons. The van der Waals surface area contributed by atoms with Crippen LogP contribution in [0.25, 0.3) is 0 Å². The van der Waals surface area contributed by atoms with Gasteiger partial charge in [-0.25, -0.2) is 0 Å². The second kappa shape index (κ2) is 3.45. The molecular weight excluding hydrogens is 196 g/mol. The second-order valence-electron chi connectivity index (χ2n) is 6.69. The maximum Gasteiger partial charge on any atom is 0.136 e. The molecule has 0 amide bonds. The molecule has 0 aliphatic heterocycles. The van der Waals surface area contributed by atoms with Crippen LogP contribution in [0.2, 0.25) is 0 Å². The third-order valence-corrected chi connectivity index (χ3v) is 5.24. The lowest BCUT2D eigenvalue weighted by Gasteiger charge is -2.26. The minimum Gasteiger partial charge on any atom is -0.299 e. The van der Waals surface area contributed by atoms with Crippen LogP contribution < -0.4 is 0 Å². The van der Waals surface area contributed by atoms with Gasteiger partial charge in [-0.2, -0.15) is 0 Å². The first-order valence-corrected chi connectivity index (χ1v) is 6.47. The van der Waals surface area contributed by atoms with E-state index in [0.29, 0.717) is 22.5 Å². The molecule has 90 valence electrons. The fraction of sp³-hybridized carbons (Fsp3) is 0.800. The Kier molecular flexibility index (Phi) is 2.56. The van der Waals surface area contributed by atoms with Crippen molar-refractivity contribution in [2.24, 2.45) is 22.7 Å². The molecule has 0 heterocycles. The first kappa shape index (κ1) is 11.9. The van der Waals surface area contributed by atoms with E-state index in [9.17, 15) is 4.79 Å². The largest absolute Gasteiger partial charge is 0.299 e. The zero-order valence-electron chi connectivity index (χ0n) is 11.3. The number of Topliss-reactive ketones (excluding diaryl/α,β-unsaturated/α-hetero) is 1. The Labute approximate surface area is 99.3 Å². The lowest BCUT2D eigenvalue weighted by molar-refractivity contribution is -0.125. The van der Waals surface area contributed by atoms with Crippen molar-refractivity contribution in [3.63, 3.8) is 0 Å². The van der Waals surface area contributed by atoms with E-state index >= 15 is 0 Å². The standard InChI is InChI=1S/C15H24O/c1-10(2)6-7-15-9-11(3)12(16)8-13(15)14(15,4)5/h6,11,13H,7-9H2,1-5H3. The normalized spacial score (nSPS) is 40.2. The van der Waals surface area contributed by atoms with Gasteiger partial charge >= 0.3 is 0 Å². The fourth-order valence-corrected chi connectivity index (χ4v) is 3.86. The van der Waals surface area contributed by atoms with Crippen molar-refractivity contribution in [2.75, 3.05) is 0 Å². The summed E-state index contributed by atoms with van der Waals surface area (Å²) in [5, 5.41) is 0. The zero-order chi connectivity index (χ0) is 12.1. The lowest BCUT2D eigenvalue weighted by atomic mass is 9.77. The molecule has 0 N–H and O–H groups in total. The monoisotopic (exact) mass is 220 g/mol. The lowest BCUT2D eigenvalue weighted by Crippen LogP contribution is -2.24. The van der Waals surface area contributed by atoms with Gasteiger partial charge in [0.05, 0.1) is 0 Å². The Bertz CT molecular complexity index is 346. The molecule has 3 unspecified atom stereocenters. The molecule has 2 aliphatic rings. The molecule has 2 fully saturated rings. The van der Waals surface area contributed by atoms with Crippen LogP contribution in [-0.4, -0.2) is 5.78 Å². The number of hydrogen-bond donors (Lipinski definition) is 0. The Morgan fingerprint density at radius 3 is 2.62 bits per heavy atom. The van der Waals surface area contributed by atoms with E-state index in [-0.39, 0.29) is 5.92 Å². The number of allylic oxidation sites excluding steroid dienone is 2. The van der Waals surface area contributed by atoms with E-state index in [1.807, 2.05) is 0 Å². The van der Waals surface area contributed by atoms with Crippen LogP contribution in [0.3, 0.4) is 0 Å². The summed E-state index contributed by atoms with van der Waals surface area (Å²) >= 11 is 0. The topological polar surface area (TPSA) is 17.1 Å². The summed E-state index contributed by atoms with van der Waals surface area (Å²) in [6, 6.07) is 0. The molecule has 2 saturated carbocycles. The van der Waals surface area contributed by atoms with Gasteiger partial charge in [-0.3, -0.25) is 4.79 Å². The second-order valence-corrected chi connectivity index (χ2v) is 6.69. The van der Waals surface area contributed by atoms with Crippen LogP contribution >= 0.6 is 0 Å². The summed E-state index contributed by atoms with van der Waals surface area (Å²) < 4.78 is 0. The van der Waals surface area contributed by atoms with Gasteiger partial charge in [0, 0.05) is 12.3 Å². The number of hydrogen-bond acceptors (Lipinski definition) is 1. The van der Waals surface area contributed by atoms with Crippen LogP contribution in [-0.2, 0) is 4.79 Å². The predicted octanol–water partition coefficient (Wildman–Crippen LogP) is 3.98. The van der Waals surface area contributed by atoms with Crippen LogP contribution in [0.1, 0.15) is 53.9 Å². The van der Waals surface area contributed by atoms with Gasteiger partial charge in [-0.15, -0.1) is 0 Å². The maximum atomic E-state index is 11.8. The van der Waals surface area contributed by atoms with Gasteiger partial charge in [0.15, 0.2) is 0 Å². The van der Waals surface area contributed by atoms with E-state index < -0.39 is 0 Å². The summed E-state index contributed by atoms with van der Waals surface area (Å²) in [7, 11) is 0. The first-order valence-electron chi connectivity index (χ1n) is 6.47. The predicted molar refractivity (Wildman–Crippen MR) is 67.2 cm³/mol. The molecule has 1 heteroatoms. The Hall–Kier alpha value is -0.590. The number of ketones is 1. The number of fused-ring (bicyclic) bond motifs is 1. The quantitative estimate of drug-likeness (QED) is 0.643. The Morgan fingerprint density at radius 1 is 1.44 bits per heavy atom. The first-order chi connectivity index (χ1) is 7.31. The Balaban J connectivity index is 2.20. The van der Waals surface area contributed by atoms with Crippen LogP contribution in [0, 0.1) is 22.7 Å². The van der Waals surface area contributed by atoms with Crippen LogP contribution in [0.15, 0.2) is 11.6 Å². The molecule has 1 nitrogen and oxygen atoms in total. The zero-order valence-corrected chi connectivity index (χ0v) is 11.3. The number of carbonyl (C=O) groups excluding carboxylic acids is 1. The van der Waals surface area contributed by atoms with E-state index in [0.717, 1.165) is 12.8 Å².